The quantitative estimate of drug-likeness (QED) is 0.826. The number of aromatic nitrogens is 3. The summed E-state index contributed by atoms with van der Waals surface area (Å²) in [7, 11) is 0. The van der Waals surface area contributed by atoms with E-state index in [-0.39, 0.29) is 5.54 Å². The zero-order valence-corrected chi connectivity index (χ0v) is 10.0. The highest BCUT2D eigenvalue weighted by Gasteiger charge is 2.39. The van der Waals surface area contributed by atoms with Gasteiger partial charge in [0.25, 0.3) is 0 Å². The van der Waals surface area contributed by atoms with E-state index in [1.807, 2.05) is 6.92 Å². The van der Waals surface area contributed by atoms with Crippen molar-refractivity contribution < 1.29 is 0 Å². The molecule has 0 bridgehead atoms. The van der Waals surface area contributed by atoms with Crippen LogP contribution in [0.5, 0.6) is 0 Å². The number of nitrogens with one attached hydrogen (secondary N) is 2. The van der Waals surface area contributed by atoms with Crippen LogP contribution in [0.2, 0.25) is 0 Å². The van der Waals surface area contributed by atoms with E-state index in [9.17, 15) is 5.26 Å². The van der Waals surface area contributed by atoms with Gasteiger partial charge in [-0.1, -0.05) is 18.7 Å². The molecule has 0 spiro atoms. The summed E-state index contributed by atoms with van der Waals surface area (Å²) in [6, 6.07) is 2.42. The van der Waals surface area contributed by atoms with Crippen molar-refractivity contribution in [2.45, 2.75) is 42.1 Å². The number of thioether (sulfide) groups is 1. The average Bonchev–Trinajstić information content (AvgIpc) is 2.90. The first-order valence-electron chi connectivity index (χ1n) is 5.46. The van der Waals surface area contributed by atoms with Crippen LogP contribution in [0.4, 0.5) is 0 Å². The SMILES string of the molecule is CCNC1(C#N)CCC(Sc2ncn[nH]2)C1. The number of H-pyrrole nitrogens is 1. The molecule has 1 aromatic heterocycles. The zero-order chi connectivity index (χ0) is 11.4. The van der Waals surface area contributed by atoms with Crippen LogP contribution in [0.3, 0.4) is 0 Å². The summed E-state index contributed by atoms with van der Waals surface area (Å²) < 4.78 is 0. The second-order valence-electron chi connectivity index (χ2n) is 4.00. The molecule has 1 aliphatic carbocycles. The maximum Gasteiger partial charge on any atom is 0.183 e. The molecule has 2 atom stereocenters. The van der Waals surface area contributed by atoms with E-state index >= 15 is 0 Å². The normalized spacial score (nSPS) is 29.1. The summed E-state index contributed by atoms with van der Waals surface area (Å²) in [4.78, 5) is 4.09. The Bertz CT molecular complexity index is 371. The molecule has 6 heteroatoms. The minimum absolute atomic E-state index is 0.327. The van der Waals surface area contributed by atoms with Gasteiger partial charge in [-0.2, -0.15) is 10.4 Å². The van der Waals surface area contributed by atoms with E-state index in [1.165, 1.54) is 6.33 Å². The Labute approximate surface area is 99.0 Å². The Kier molecular flexibility index (Phi) is 3.46. The first-order chi connectivity index (χ1) is 7.78. The molecule has 2 unspecified atom stereocenters. The predicted molar refractivity (Wildman–Crippen MR) is 61.9 cm³/mol. The molecular weight excluding hydrogens is 222 g/mol. The van der Waals surface area contributed by atoms with Crippen molar-refractivity contribution in [3.63, 3.8) is 0 Å². The molecule has 2 rings (SSSR count). The van der Waals surface area contributed by atoms with Crippen molar-refractivity contribution in [2.24, 2.45) is 0 Å². The molecule has 1 saturated carbocycles. The smallest absolute Gasteiger partial charge is 0.183 e. The molecular formula is C10H15N5S. The van der Waals surface area contributed by atoms with Crippen molar-refractivity contribution in [1.82, 2.24) is 20.5 Å². The monoisotopic (exact) mass is 237 g/mol. The van der Waals surface area contributed by atoms with E-state index in [4.69, 9.17) is 0 Å². The first-order valence-corrected chi connectivity index (χ1v) is 6.34. The lowest BCUT2D eigenvalue weighted by Gasteiger charge is -2.21. The minimum atomic E-state index is -0.327. The molecule has 1 aromatic rings. The molecule has 1 heterocycles. The lowest BCUT2D eigenvalue weighted by Crippen LogP contribution is -2.41. The van der Waals surface area contributed by atoms with Crippen molar-refractivity contribution >= 4 is 11.8 Å². The number of nitrogens with zero attached hydrogens (tertiary/aromatic N) is 3. The van der Waals surface area contributed by atoms with Crippen LogP contribution in [-0.4, -0.2) is 32.5 Å². The summed E-state index contributed by atoms with van der Waals surface area (Å²) in [5, 5.41) is 20.5. The fraction of sp³-hybridized carbons (Fsp3) is 0.700. The standard InChI is InChI=1S/C10H15N5S/c1-2-13-10(6-11)4-3-8(5-10)16-9-12-7-14-15-9/h7-8,13H,2-5H2,1H3,(H,12,14,15). The van der Waals surface area contributed by atoms with Crippen LogP contribution in [0, 0.1) is 11.3 Å². The Morgan fingerprint density at radius 2 is 2.69 bits per heavy atom. The van der Waals surface area contributed by atoms with Gasteiger partial charge in [0.05, 0.1) is 6.07 Å². The van der Waals surface area contributed by atoms with Crippen molar-refractivity contribution in [2.75, 3.05) is 6.54 Å². The van der Waals surface area contributed by atoms with Crippen LogP contribution < -0.4 is 5.32 Å². The van der Waals surface area contributed by atoms with Crippen LogP contribution in [-0.2, 0) is 0 Å². The van der Waals surface area contributed by atoms with Crippen LogP contribution >= 0.6 is 11.8 Å². The van der Waals surface area contributed by atoms with Crippen molar-refractivity contribution in [3.05, 3.63) is 6.33 Å². The van der Waals surface area contributed by atoms with Gasteiger partial charge >= 0.3 is 0 Å². The molecule has 86 valence electrons. The fourth-order valence-electron chi connectivity index (χ4n) is 2.15. The van der Waals surface area contributed by atoms with Gasteiger partial charge in [-0.15, -0.1) is 0 Å². The summed E-state index contributed by atoms with van der Waals surface area (Å²) >= 11 is 1.68. The fourth-order valence-corrected chi connectivity index (χ4v) is 3.28. The molecule has 0 aromatic carbocycles. The second-order valence-corrected chi connectivity index (χ2v) is 5.29. The maximum atomic E-state index is 9.23. The average molecular weight is 237 g/mol. The topological polar surface area (TPSA) is 77.4 Å². The Morgan fingerprint density at radius 1 is 1.81 bits per heavy atom. The zero-order valence-electron chi connectivity index (χ0n) is 9.23. The maximum absolute atomic E-state index is 9.23. The van der Waals surface area contributed by atoms with Gasteiger partial charge in [-0.05, 0) is 25.8 Å². The van der Waals surface area contributed by atoms with Crippen LogP contribution in [0.1, 0.15) is 26.2 Å². The molecule has 0 amide bonds. The third-order valence-corrected chi connectivity index (χ3v) is 4.03. The number of hydrogen-bond donors (Lipinski definition) is 2. The van der Waals surface area contributed by atoms with Crippen LogP contribution in [0.25, 0.3) is 0 Å². The second kappa shape index (κ2) is 4.85. The van der Waals surface area contributed by atoms with E-state index in [1.54, 1.807) is 11.8 Å². The van der Waals surface area contributed by atoms with Crippen molar-refractivity contribution in [3.8, 4) is 6.07 Å². The highest BCUT2D eigenvalue weighted by molar-refractivity contribution is 7.99. The van der Waals surface area contributed by atoms with E-state index in [2.05, 4.69) is 26.6 Å². The Balaban J connectivity index is 1.95. The summed E-state index contributed by atoms with van der Waals surface area (Å²) in [5.74, 6) is 0. The first kappa shape index (κ1) is 11.4. The third-order valence-electron chi connectivity index (χ3n) is 2.87. The number of aromatic amines is 1. The predicted octanol–water partition coefficient (Wildman–Crippen LogP) is 1.32. The molecule has 0 aliphatic heterocycles. The van der Waals surface area contributed by atoms with Crippen molar-refractivity contribution in [1.29, 1.82) is 5.26 Å². The molecule has 1 aliphatic rings. The number of hydrogen-bond acceptors (Lipinski definition) is 5. The largest absolute Gasteiger partial charge is 0.300 e. The molecule has 5 nitrogen and oxygen atoms in total. The van der Waals surface area contributed by atoms with Gasteiger partial charge in [0.2, 0.25) is 0 Å². The summed E-state index contributed by atoms with van der Waals surface area (Å²) in [5.41, 5.74) is -0.327. The number of rotatable bonds is 4. The third kappa shape index (κ3) is 2.36. The van der Waals surface area contributed by atoms with E-state index in [0.29, 0.717) is 5.25 Å². The lowest BCUT2D eigenvalue weighted by atomic mass is 10.0. The highest BCUT2D eigenvalue weighted by Crippen LogP contribution is 2.38. The molecule has 2 N–H and O–H groups in total. The van der Waals surface area contributed by atoms with Gasteiger partial charge in [-0.3, -0.25) is 10.4 Å². The minimum Gasteiger partial charge on any atom is -0.300 e. The van der Waals surface area contributed by atoms with E-state index in [0.717, 1.165) is 31.0 Å². The molecule has 16 heavy (non-hydrogen) atoms. The molecule has 1 fully saturated rings. The van der Waals surface area contributed by atoms with Gasteiger partial charge in [0, 0.05) is 5.25 Å². The summed E-state index contributed by atoms with van der Waals surface area (Å²) in [6.45, 7) is 2.88. The number of nitriles is 1. The van der Waals surface area contributed by atoms with Crippen LogP contribution in [0.15, 0.2) is 11.5 Å². The van der Waals surface area contributed by atoms with Gasteiger partial charge in [0.15, 0.2) is 5.16 Å². The Morgan fingerprint density at radius 3 is 3.31 bits per heavy atom. The van der Waals surface area contributed by atoms with Gasteiger partial charge < -0.3 is 0 Å². The molecule has 0 saturated heterocycles. The lowest BCUT2D eigenvalue weighted by molar-refractivity contribution is 0.436. The molecule has 0 radical (unpaired) electrons. The van der Waals surface area contributed by atoms with Gasteiger partial charge in [-0.25, -0.2) is 4.98 Å². The van der Waals surface area contributed by atoms with Gasteiger partial charge in [0.1, 0.15) is 11.9 Å². The highest BCUT2D eigenvalue weighted by atomic mass is 32.2. The van der Waals surface area contributed by atoms with E-state index < -0.39 is 0 Å². The Hall–Kier alpha value is -1.06. The summed E-state index contributed by atoms with van der Waals surface area (Å²) in [6.07, 6.45) is 4.36.